The smallest absolute Gasteiger partial charge is 0.167 e. The number of hydrogen-bond donors (Lipinski definition) is 0. The van der Waals surface area contributed by atoms with Crippen LogP contribution in [0, 0.1) is 0 Å². The summed E-state index contributed by atoms with van der Waals surface area (Å²) in [4.78, 5) is 0. The van der Waals surface area contributed by atoms with E-state index in [-0.39, 0.29) is 9.76 Å². The van der Waals surface area contributed by atoms with Crippen LogP contribution in [0.15, 0.2) is 0 Å². The quantitative estimate of drug-likeness (QED) is 0.315. The summed E-state index contributed by atoms with van der Waals surface area (Å²) in [6, 6.07) is 0. The lowest BCUT2D eigenvalue weighted by Gasteiger charge is -2.22. The van der Waals surface area contributed by atoms with Crippen LogP contribution in [-0.2, 0) is 4.43 Å². The molecule has 0 aliphatic carbocycles. The Kier molecular flexibility index (Phi) is 6.96. The third-order valence-electron chi connectivity index (χ3n) is 1.64. The summed E-state index contributed by atoms with van der Waals surface area (Å²) in [6.45, 7) is 7.86. The van der Waals surface area contributed by atoms with Gasteiger partial charge in [-0.2, -0.15) is 0 Å². The summed E-state index contributed by atoms with van der Waals surface area (Å²) < 4.78 is 6.76. The van der Waals surface area contributed by atoms with Crippen LogP contribution in [-0.4, -0.2) is 20.8 Å². The first kappa shape index (κ1) is 11.9. The maximum absolute atomic E-state index is 5.63. The Balaban J connectivity index is 3.38. The lowest BCUT2D eigenvalue weighted by atomic mass is 10.1. The number of rotatable bonds is 6. The van der Waals surface area contributed by atoms with E-state index in [1.807, 2.05) is 0 Å². The van der Waals surface area contributed by atoms with Crippen LogP contribution >= 0.6 is 22.6 Å². The van der Waals surface area contributed by atoms with E-state index < -0.39 is 0 Å². The highest BCUT2D eigenvalue weighted by atomic mass is 127. The molecule has 1 nitrogen and oxygen atoms in total. The Labute approximate surface area is 86.4 Å². The molecule has 0 N–H and O–H groups in total. The SMILES string of the molecule is CCCC(C)(C)[SiH2]OCCI. The zero-order valence-electron chi connectivity index (χ0n) is 7.82. The lowest BCUT2D eigenvalue weighted by Crippen LogP contribution is -2.17. The first-order valence-electron chi connectivity index (χ1n) is 4.26. The van der Waals surface area contributed by atoms with Crippen molar-refractivity contribution in [2.75, 3.05) is 11.0 Å². The van der Waals surface area contributed by atoms with Gasteiger partial charge in [0.15, 0.2) is 9.76 Å². The van der Waals surface area contributed by atoms with E-state index in [1.165, 1.54) is 12.8 Å². The van der Waals surface area contributed by atoms with Gasteiger partial charge in [0, 0.05) is 11.0 Å². The zero-order chi connectivity index (χ0) is 8.74. The van der Waals surface area contributed by atoms with Gasteiger partial charge in [0.2, 0.25) is 0 Å². The van der Waals surface area contributed by atoms with Crippen LogP contribution in [0.1, 0.15) is 33.6 Å². The highest BCUT2D eigenvalue weighted by Crippen LogP contribution is 2.28. The Morgan fingerprint density at radius 2 is 2.09 bits per heavy atom. The van der Waals surface area contributed by atoms with E-state index >= 15 is 0 Å². The molecule has 0 saturated heterocycles. The fourth-order valence-electron chi connectivity index (χ4n) is 1.15. The van der Waals surface area contributed by atoms with Crippen molar-refractivity contribution in [3.8, 4) is 0 Å². The molecule has 0 aromatic carbocycles. The lowest BCUT2D eigenvalue weighted by molar-refractivity contribution is 0.341. The molecule has 0 rings (SSSR count). The van der Waals surface area contributed by atoms with Crippen LogP contribution in [0.25, 0.3) is 0 Å². The van der Waals surface area contributed by atoms with E-state index in [2.05, 4.69) is 43.4 Å². The number of halogens is 1. The van der Waals surface area contributed by atoms with E-state index in [4.69, 9.17) is 4.43 Å². The van der Waals surface area contributed by atoms with Gasteiger partial charge >= 0.3 is 0 Å². The molecule has 0 radical (unpaired) electrons. The summed E-state index contributed by atoms with van der Waals surface area (Å²) in [5.74, 6) is 0. The van der Waals surface area contributed by atoms with Gasteiger partial charge in [-0.3, -0.25) is 0 Å². The summed E-state index contributed by atoms with van der Waals surface area (Å²) >= 11 is 2.36. The maximum Gasteiger partial charge on any atom is 0.167 e. The molecule has 0 aliphatic rings. The zero-order valence-corrected chi connectivity index (χ0v) is 11.4. The molecular formula is C8H19IOSi. The van der Waals surface area contributed by atoms with Gasteiger partial charge in [0.1, 0.15) is 0 Å². The molecule has 68 valence electrons. The Bertz CT molecular complexity index is 96.1. The van der Waals surface area contributed by atoms with Crippen molar-refractivity contribution in [1.29, 1.82) is 0 Å². The van der Waals surface area contributed by atoms with Gasteiger partial charge in [-0.05, 0) is 11.5 Å². The van der Waals surface area contributed by atoms with E-state index in [9.17, 15) is 0 Å². The molecule has 0 spiro atoms. The average Bonchev–Trinajstić information content (AvgIpc) is 1.87. The minimum Gasteiger partial charge on any atom is -0.423 e. The van der Waals surface area contributed by atoms with Crippen molar-refractivity contribution in [3.63, 3.8) is 0 Å². The topological polar surface area (TPSA) is 9.23 Å². The van der Waals surface area contributed by atoms with Crippen LogP contribution in [0.3, 0.4) is 0 Å². The Morgan fingerprint density at radius 3 is 2.55 bits per heavy atom. The predicted molar refractivity (Wildman–Crippen MR) is 62.3 cm³/mol. The second kappa shape index (κ2) is 6.43. The largest absolute Gasteiger partial charge is 0.423 e. The van der Waals surface area contributed by atoms with Crippen LogP contribution < -0.4 is 0 Å². The van der Waals surface area contributed by atoms with Crippen LogP contribution in [0.4, 0.5) is 0 Å². The molecule has 0 amide bonds. The molecular weight excluding hydrogens is 267 g/mol. The number of alkyl halides is 1. The molecule has 0 fully saturated rings. The van der Waals surface area contributed by atoms with Crippen molar-refractivity contribution >= 4 is 32.4 Å². The summed E-state index contributed by atoms with van der Waals surface area (Å²) in [6.07, 6.45) is 2.61. The Morgan fingerprint density at radius 1 is 1.45 bits per heavy atom. The second-order valence-corrected chi connectivity index (χ2v) is 7.35. The molecule has 0 unspecified atom stereocenters. The van der Waals surface area contributed by atoms with Crippen molar-refractivity contribution < 1.29 is 4.43 Å². The average molecular weight is 286 g/mol. The number of hydrogen-bond acceptors (Lipinski definition) is 1. The second-order valence-electron chi connectivity index (χ2n) is 3.66. The molecule has 0 saturated carbocycles. The maximum atomic E-state index is 5.63. The van der Waals surface area contributed by atoms with Crippen molar-refractivity contribution in [2.45, 2.75) is 38.7 Å². The standard InChI is InChI=1S/C8H19IOSi/c1-4-5-8(2,3)11-10-7-6-9/h4-7,11H2,1-3H3. The van der Waals surface area contributed by atoms with Crippen LogP contribution in [0.5, 0.6) is 0 Å². The third kappa shape index (κ3) is 7.27. The van der Waals surface area contributed by atoms with Gasteiger partial charge in [0.25, 0.3) is 0 Å². The molecule has 3 heteroatoms. The monoisotopic (exact) mass is 286 g/mol. The summed E-state index contributed by atoms with van der Waals surface area (Å²) in [5, 5.41) is 0.514. The van der Waals surface area contributed by atoms with Crippen LogP contribution in [0.2, 0.25) is 5.04 Å². The molecule has 0 aliphatic heterocycles. The third-order valence-corrected chi connectivity index (χ3v) is 3.71. The van der Waals surface area contributed by atoms with Gasteiger partial charge in [-0.25, -0.2) is 0 Å². The van der Waals surface area contributed by atoms with Gasteiger partial charge in [-0.1, -0.05) is 49.8 Å². The fraction of sp³-hybridized carbons (Fsp3) is 1.00. The van der Waals surface area contributed by atoms with Gasteiger partial charge < -0.3 is 4.43 Å². The van der Waals surface area contributed by atoms with Crippen molar-refractivity contribution in [3.05, 3.63) is 0 Å². The molecule has 0 bridgehead atoms. The molecule has 0 aromatic heterocycles. The van der Waals surface area contributed by atoms with Crippen molar-refractivity contribution in [2.24, 2.45) is 0 Å². The van der Waals surface area contributed by atoms with Crippen molar-refractivity contribution in [1.82, 2.24) is 0 Å². The molecule has 0 aromatic rings. The normalized spacial score (nSPS) is 13.1. The molecule has 0 heterocycles. The van der Waals surface area contributed by atoms with E-state index in [0.29, 0.717) is 5.04 Å². The highest BCUT2D eigenvalue weighted by molar-refractivity contribution is 14.1. The minimum absolute atomic E-state index is 0.288. The predicted octanol–water partition coefficient (Wildman–Crippen LogP) is 2.52. The summed E-state index contributed by atoms with van der Waals surface area (Å²) in [5.41, 5.74) is 0. The van der Waals surface area contributed by atoms with E-state index in [0.717, 1.165) is 11.0 Å². The first-order chi connectivity index (χ1) is 5.12. The molecule has 11 heavy (non-hydrogen) atoms. The van der Waals surface area contributed by atoms with E-state index in [1.54, 1.807) is 0 Å². The highest BCUT2D eigenvalue weighted by Gasteiger charge is 2.17. The molecule has 0 atom stereocenters. The Hall–Kier alpha value is 0.907. The van der Waals surface area contributed by atoms with Gasteiger partial charge in [0.05, 0.1) is 0 Å². The summed E-state index contributed by atoms with van der Waals surface area (Å²) in [7, 11) is -0.288. The van der Waals surface area contributed by atoms with Gasteiger partial charge in [-0.15, -0.1) is 0 Å². The first-order valence-corrected chi connectivity index (χ1v) is 7.07. The minimum atomic E-state index is -0.288. The fourth-order valence-corrected chi connectivity index (χ4v) is 3.39.